The average Bonchev–Trinajstić information content (AvgIpc) is 2.82. The molecule has 0 radical (unpaired) electrons. The highest BCUT2D eigenvalue weighted by atomic mass is 79.9. The summed E-state index contributed by atoms with van der Waals surface area (Å²) in [5.41, 5.74) is 9.24. The number of hydrogen-bond donors (Lipinski definition) is 1. The minimum absolute atomic E-state index is 0.0169. The van der Waals surface area contributed by atoms with E-state index in [-0.39, 0.29) is 18.2 Å². The van der Waals surface area contributed by atoms with Gasteiger partial charge in [-0.2, -0.15) is 5.26 Å². The summed E-state index contributed by atoms with van der Waals surface area (Å²) in [5, 5.41) is 9.97. The summed E-state index contributed by atoms with van der Waals surface area (Å²) < 4.78 is 26.5. The lowest BCUT2D eigenvalue weighted by atomic mass is 9.76. The van der Waals surface area contributed by atoms with Crippen LogP contribution >= 0.6 is 15.9 Å². The lowest BCUT2D eigenvalue weighted by Gasteiger charge is -2.37. The third kappa shape index (κ3) is 4.28. The molecule has 0 unspecified atom stereocenters. The molecule has 176 valence electrons. The van der Waals surface area contributed by atoms with Crippen LogP contribution in [0, 0.1) is 17.1 Å². The van der Waals surface area contributed by atoms with Gasteiger partial charge < -0.3 is 20.1 Å². The number of nitriles is 1. The van der Waals surface area contributed by atoms with Gasteiger partial charge in [0.1, 0.15) is 18.2 Å². The van der Waals surface area contributed by atoms with E-state index in [9.17, 15) is 14.4 Å². The van der Waals surface area contributed by atoms with E-state index in [1.807, 2.05) is 13.0 Å². The number of ether oxygens (including phenoxy) is 2. The van der Waals surface area contributed by atoms with Gasteiger partial charge in [0.15, 0.2) is 17.3 Å². The second kappa shape index (κ2) is 9.90. The number of nitrogens with zero attached hydrogens (tertiary/aromatic N) is 2. The van der Waals surface area contributed by atoms with E-state index in [4.69, 9.17) is 15.2 Å². The van der Waals surface area contributed by atoms with Crippen molar-refractivity contribution in [3.05, 3.63) is 80.5 Å². The second-order valence-corrected chi connectivity index (χ2v) is 9.04. The van der Waals surface area contributed by atoms with Crippen molar-refractivity contribution in [3.63, 3.8) is 0 Å². The molecule has 1 aliphatic heterocycles. The van der Waals surface area contributed by atoms with Crippen LogP contribution in [0.3, 0.4) is 0 Å². The van der Waals surface area contributed by atoms with Gasteiger partial charge in [-0.1, -0.05) is 18.2 Å². The summed E-state index contributed by atoms with van der Waals surface area (Å²) in [6, 6.07) is 12.2. The molecule has 0 aromatic heterocycles. The zero-order chi connectivity index (χ0) is 24.4. The summed E-state index contributed by atoms with van der Waals surface area (Å²) in [6.45, 7) is 2.24. The molecule has 4 rings (SSSR count). The van der Waals surface area contributed by atoms with Gasteiger partial charge in [0, 0.05) is 30.3 Å². The standard InChI is InChI=1S/C26H25BrFN3O3/c1-3-33-22-12-16(11-18(27)25(22)34-14-15-7-4-5-8-19(15)28)23-17(13-29)26(30)31(2)20-9-6-10-21(32)24(20)23/h4-5,7-8,11-12,23H,3,6,9-10,14,30H2,1-2H3/t23-/m1/s1. The number of carbonyl (C=O) groups excluding carboxylic acids is 1. The van der Waals surface area contributed by atoms with Crippen LogP contribution in [0.25, 0.3) is 0 Å². The number of allylic oxidation sites excluding steroid dienone is 3. The van der Waals surface area contributed by atoms with Gasteiger partial charge in [-0.3, -0.25) is 4.79 Å². The van der Waals surface area contributed by atoms with Crippen LogP contribution in [0.1, 0.15) is 43.2 Å². The number of halogens is 2. The van der Waals surface area contributed by atoms with Crippen molar-refractivity contribution < 1.29 is 18.7 Å². The SMILES string of the molecule is CCOc1cc([C@@H]2C(C#N)=C(N)N(C)C3=C2C(=O)CCC3)cc(Br)c1OCc1ccccc1F. The average molecular weight is 526 g/mol. The van der Waals surface area contributed by atoms with E-state index in [1.54, 1.807) is 36.2 Å². The number of nitrogens with two attached hydrogens (primary N) is 1. The van der Waals surface area contributed by atoms with Crippen molar-refractivity contribution in [2.45, 2.75) is 38.7 Å². The van der Waals surface area contributed by atoms with E-state index >= 15 is 0 Å². The molecule has 1 heterocycles. The van der Waals surface area contributed by atoms with Crippen LogP contribution in [0.2, 0.25) is 0 Å². The minimum atomic E-state index is -0.597. The molecule has 6 nitrogen and oxygen atoms in total. The molecule has 2 aromatic carbocycles. The summed E-state index contributed by atoms with van der Waals surface area (Å²) >= 11 is 3.56. The first kappa shape index (κ1) is 23.8. The van der Waals surface area contributed by atoms with Crippen molar-refractivity contribution in [1.29, 1.82) is 5.26 Å². The summed E-state index contributed by atoms with van der Waals surface area (Å²) in [7, 11) is 1.79. The molecule has 1 atom stereocenters. The van der Waals surface area contributed by atoms with Gasteiger partial charge in [-0.05, 0) is 59.5 Å². The summed E-state index contributed by atoms with van der Waals surface area (Å²) in [4.78, 5) is 14.8. The van der Waals surface area contributed by atoms with Crippen molar-refractivity contribution in [2.75, 3.05) is 13.7 Å². The molecule has 8 heteroatoms. The number of ketones is 1. The lowest BCUT2D eigenvalue weighted by molar-refractivity contribution is -0.116. The Morgan fingerprint density at radius 3 is 2.74 bits per heavy atom. The normalized spacial score (nSPS) is 18.0. The minimum Gasteiger partial charge on any atom is -0.490 e. The Balaban J connectivity index is 1.79. The van der Waals surface area contributed by atoms with E-state index in [1.165, 1.54) is 6.07 Å². The molecule has 0 saturated carbocycles. The smallest absolute Gasteiger partial charge is 0.175 e. The van der Waals surface area contributed by atoms with Gasteiger partial charge in [-0.15, -0.1) is 0 Å². The van der Waals surface area contributed by atoms with Gasteiger partial charge in [0.25, 0.3) is 0 Å². The molecule has 0 bridgehead atoms. The van der Waals surface area contributed by atoms with Gasteiger partial charge in [0.2, 0.25) is 0 Å². The Morgan fingerprint density at radius 1 is 1.26 bits per heavy atom. The van der Waals surface area contributed by atoms with E-state index in [0.29, 0.717) is 57.1 Å². The van der Waals surface area contributed by atoms with Crippen LogP contribution in [0.5, 0.6) is 11.5 Å². The fraction of sp³-hybridized carbons (Fsp3) is 0.308. The maximum atomic E-state index is 14.1. The Bertz CT molecular complexity index is 1250. The van der Waals surface area contributed by atoms with Crippen molar-refractivity contribution in [3.8, 4) is 17.6 Å². The molecular formula is C26H25BrFN3O3. The number of benzene rings is 2. The zero-order valence-electron chi connectivity index (χ0n) is 19.0. The largest absolute Gasteiger partial charge is 0.490 e. The zero-order valence-corrected chi connectivity index (χ0v) is 20.6. The van der Waals surface area contributed by atoms with Crippen LogP contribution in [-0.4, -0.2) is 24.3 Å². The van der Waals surface area contributed by atoms with Crippen LogP contribution in [-0.2, 0) is 11.4 Å². The molecule has 0 fully saturated rings. The van der Waals surface area contributed by atoms with Gasteiger partial charge >= 0.3 is 0 Å². The molecule has 0 spiro atoms. The first-order valence-electron chi connectivity index (χ1n) is 11.1. The fourth-order valence-corrected chi connectivity index (χ4v) is 5.09. The summed E-state index contributed by atoms with van der Waals surface area (Å²) in [6.07, 6.45) is 1.91. The lowest BCUT2D eigenvalue weighted by Crippen LogP contribution is -2.36. The number of rotatable bonds is 6. The molecular weight excluding hydrogens is 501 g/mol. The molecule has 2 aliphatic rings. The number of Topliss-reactive ketones (excluding diaryl/α,β-unsaturated/α-hetero) is 1. The third-order valence-corrected chi connectivity index (χ3v) is 6.75. The maximum Gasteiger partial charge on any atom is 0.175 e. The monoisotopic (exact) mass is 525 g/mol. The van der Waals surface area contributed by atoms with E-state index < -0.39 is 5.92 Å². The van der Waals surface area contributed by atoms with Crippen molar-refractivity contribution in [2.24, 2.45) is 5.73 Å². The fourth-order valence-electron chi connectivity index (χ4n) is 4.52. The Hall–Kier alpha value is -3.31. The van der Waals surface area contributed by atoms with Crippen LogP contribution in [0.4, 0.5) is 4.39 Å². The highest BCUT2D eigenvalue weighted by Crippen LogP contribution is 2.47. The van der Waals surface area contributed by atoms with Crippen molar-refractivity contribution >= 4 is 21.7 Å². The van der Waals surface area contributed by atoms with Crippen LogP contribution < -0.4 is 15.2 Å². The molecule has 0 saturated heterocycles. The van der Waals surface area contributed by atoms with Gasteiger partial charge in [-0.25, -0.2) is 4.39 Å². The number of carbonyl (C=O) groups is 1. The highest BCUT2D eigenvalue weighted by molar-refractivity contribution is 9.10. The van der Waals surface area contributed by atoms with Crippen LogP contribution in [0.15, 0.2) is 63.5 Å². The molecule has 0 amide bonds. The Labute approximate surface area is 206 Å². The quantitative estimate of drug-likeness (QED) is 0.550. The predicted molar refractivity (Wildman–Crippen MR) is 129 cm³/mol. The first-order valence-corrected chi connectivity index (χ1v) is 11.9. The highest BCUT2D eigenvalue weighted by Gasteiger charge is 2.39. The van der Waals surface area contributed by atoms with Gasteiger partial charge in [0.05, 0.1) is 28.6 Å². The third-order valence-electron chi connectivity index (χ3n) is 6.16. The maximum absolute atomic E-state index is 14.1. The van der Waals surface area contributed by atoms with Crippen molar-refractivity contribution in [1.82, 2.24) is 4.90 Å². The second-order valence-electron chi connectivity index (χ2n) is 8.18. The topological polar surface area (TPSA) is 88.6 Å². The number of hydrogen-bond acceptors (Lipinski definition) is 6. The summed E-state index contributed by atoms with van der Waals surface area (Å²) in [5.74, 6) is 0.265. The molecule has 34 heavy (non-hydrogen) atoms. The molecule has 1 aliphatic carbocycles. The Kier molecular flexibility index (Phi) is 6.94. The molecule has 2 N–H and O–H groups in total. The predicted octanol–water partition coefficient (Wildman–Crippen LogP) is 5.30. The Morgan fingerprint density at radius 2 is 2.03 bits per heavy atom. The first-order chi connectivity index (χ1) is 16.4. The van der Waals surface area contributed by atoms with E-state index in [0.717, 1.165) is 18.5 Å². The van der Waals surface area contributed by atoms with E-state index in [2.05, 4.69) is 22.0 Å². The molecule has 2 aromatic rings.